The fourth-order valence-electron chi connectivity index (χ4n) is 2.48. The van der Waals surface area contributed by atoms with Crippen molar-refractivity contribution in [2.45, 2.75) is 18.4 Å². The minimum atomic E-state index is -3.72. The Kier molecular flexibility index (Phi) is 4.56. The number of primary sulfonamides is 1. The summed E-state index contributed by atoms with van der Waals surface area (Å²) in [6.07, 6.45) is 1.51. The summed E-state index contributed by atoms with van der Waals surface area (Å²) in [5, 5.41) is 5.61. The van der Waals surface area contributed by atoms with E-state index in [-0.39, 0.29) is 17.1 Å². The topological polar surface area (TPSA) is 104 Å². The van der Waals surface area contributed by atoms with Crippen molar-refractivity contribution in [2.24, 2.45) is 5.14 Å². The summed E-state index contributed by atoms with van der Waals surface area (Å²) in [6.45, 7) is 2.48. The zero-order chi connectivity index (χ0) is 18.0. The van der Waals surface area contributed by atoms with Crippen LogP contribution in [0.5, 0.6) is 5.75 Å². The van der Waals surface area contributed by atoms with Crippen LogP contribution < -0.4 is 15.4 Å². The highest BCUT2D eigenvalue weighted by Crippen LogP contribution is 2.15. The summed E-state index contributed by atoms with van der Waals surface area (Å²) in [5.41, 5.74) is 1.53. The summed E-state index contributed by atoms with van der Waals surface area (Å²) in [4.78, 5) is 16.8. The van der Waals surface area contributed by atoms with Crippen LogP contribution in [-0.2, 0) is 16.6 Å². The van der Waals surface area contributed by atoms with Gasteiger partial charge in [0, 0.05) is 0 Å². The Bertz CT molecular complexity index is 1070. The zero-order valence-electron chi connectivity index (χ0n) is 13.5. The van der Waals surface area contributed by atoms with E-state index in [1.807, 2.05) is 19.1 Å². The zero-order valence-corrected chi connectivity index (χ0v) is 14.4. The lowest BCUT2D eigenvalue weighted by Gasteiger charge is -2.09. The number of nitrogens with two attached hydrogens (primary N) is 1. The molecule has 1 heterocycles. The van der Waals surface area contributed by atoms with E-state index in [0.717, 1.165) is 5.56 Å². The first-order valence-electron chi connectivity index (χ1n) is 7.57. The van der Waals surface area contributed by atoms with Crippen LogP contribution in [0.3, 0.4) is 0 Å². The average molecular weight is 359 g/mol. The molecule has 0 bridgehead atoms. The third-order valence-corrected chi connectivity index (χ3v) is 4.74. The number of rotatable bonds is 5. The fourth-order valence-corrected chi connectivity index (χ4v) is 3.00. The number of ether oxygens (including phenoxy) is 1. The minimum absolute atomic E-state index is 0.0187. The number of hydrogen-bond acceptors (Lipinski definition) is 5. The van der Waals surface area contributed by atoms with E-state index < -0.39 is 10.0 Å². The molecule has 8 heteroatoms. The van der Waals surface area contributed by atoms with Crippen molar-refractivity contribution in [3.63, 3.8) is 0 Å². The van der Waals surface area contributed by atoms with E-state index in [1.54, 1.807) is 6.07 Å². The molecule has 130 valence electrons. The second-order valence-corrected chi connectivity index (χ2v) is 7.14. The second-order valence-electron chi connectivity index (χ2n) is 5.58. The predicted molar refractivity (Wildman–Crippen MR) is 94.1 cm³/mol. The predicted octanol–water partition coefficient (Wildman–Crippen LogP) is 1.43. The van der Waals surface area contributed by atoms with E-state index in [1.165, 1.54) is 35.2 Å². The Balaban J connectivity index is 1.71. The first kappa shape index (κ1) is 17.1. The third kappa shape index (κ3) is 3.70. The molecule has 0 unspecified atom stereocenters. The van der Waals surface area contributed by atoms with Gasteiger partial charge in [0.2, 0.25) is 10.0 Å². The maximum atomic E-state index is 12.5. The van der Waals surface area contributed by atoms with Gasteiger partial charge in [0.25, 0.3) is 5.56 Å². The molecule has 0 aliphatic rings. The smallest absolute Gasteiger partial charge is 0.261 e. The van der Waals surface area contributed by atoms with Gasteiger partial charge in [0.15, 0.2) is 0 Å². The van der Waals surface area contributed by atoms with E-state index in [4.69, 9.17) is 9.88 Å². The monoisotopic (exact) mass is 359 g/mol. The van der Waals surface area contributed by atoms with Gasteiger partial charge >= 0.3 is 0 Å². The van der Waals surface area contributed by atoms with Crippen LogP contribution in [0.15, 0.2) is 58.5 Å². The highest BCUT2D eigenvalue weighted by Gasteiger charge is 2.08. The molecule has 0 aliphatic carbocycles. The van der Waals surface area contributed by atoms with Gasteiger partial charge in [-0.2, -0.15) is 0 Å². The molecule has 1 aromatic heterocycles. The highest BCUT2D eigenvalue weighted by atomic mass is 32.2. The number of para-hydroxylation sites is 1. The van der Waals surface area contributed by atoms with E-state index in [9.17, 15) is 13.2 Å². The lowest BCUT2D eigenvalue weighted by atomic mass is 10.1. The number of aromatic nitrogens is 2. The van der Waals surface area contributed by atoms with Crippen molar-refractivity contribution >= 4 is 20.9 Å². The molecular formula is C17H17N3O4S. The molecule has 3 aromatic rings. The van der Waals surface area contributed by atoms with Crippen molar-refractivity contribution in [1.82, 2.24) is 9.55 Å². The lowest BCUT2D eigenvalue weighted by Crippen LogP contribution is -2.23. The Morgan fingerprint density at radius 1 is 1.16 bits per heavy atom. The molecule has 0 spiro atoms. The first-order chi connectivity index (χ1) is 11.9. The van der Waals surface area contributed by atoms with Gasteiger partial charge in [-0.05, 0) is 42.8 Å². The number of nitrogens with zero attached hydrogens (tertiary/aromatic N) is 2. The van der Waals surface area contributed by atoms with Crippen LogP contribution in [-0.4, -0.2) is 24.6 Å². The number of hydrogen-bond donors (Lipinski definition) is 1. The molecule has 0 saturated heterocycles. The number of fused-ring (bicyclic) bond motifs is 1. The summed E-state index contributed by atoms with van der Waals surface area (Å²) in [5.74, 6) is 0.491. The number of aryl methyl sites for hydroxylation is 1. The normalized spacial score (nSPS) is 11.6. The molecular weight excluding hydrogens is 342 g/mol. The standard InChI is InChI=1S/C17H17N3O4S/c1-12-3-2-4-15-16(12)19-11-20(17(15)21)9-10-24-13-5-7-14(8-6-13)25(18,22)23/h2-8,11H,9-10H2,1H3,(H2,18,22,23). The average Bonchev–Trinajstić information content (AvgIpc) is 2.57. The molecule has 0 saturated carbocycles. The van der Waals surface area contributed by atoms with Gasteiger partial charge in [-0.25, -0.2) is 18.5 Å². The van der Waals surface area contributed by atoms with E-state index in [2.05, 4.69) is 4.98 Å². The lowest BCUT2D eigenvalue weighted by molar-refractivity contribution is 0.296. The fraction of sp³-hybridized carbons (Fsp3) is 0.176. The Hall–Kier alpha value is -2.71. The van der Waals surface area contributed by atoms with Crippen LogP contribution in [0.4, 0.5) is 0 Å². The Morgan fingerprint density at radius 3 is 2.56 bits per heavy atom. The summed E-state index contributed by atoms with van der Waals surface area (Å²) < 4.78 is 29.4. The van der Waals surface area contributed by atoms with Crippen molar-refractivity contribution in [3.8, 4) is 5.75 Å². The van der Waals surface area contributed by atoms with Crippen molar-refractivity contribution < 1.29 is 13.2 Å². The van der Waals surface area contributed by atoms with Crippen LogP contribution >= 0.6 is 0 Å². The van der Waals surface area contributed by atoms with Crippen molar-refractivity contribution in [1.29, 1.82) is 0 Å². The number of benzene rings is 2. The van der Waals surface area contributed by atoms with Gasteiger partial charge in [0.05, 0.1) is 28.7 Å². The van der Waals surface area contributed by atoms with Crippen LogP contribution in [0.2, 0.25) is 0 Å². The van der Waals surface area contributed by atoms with Crippen LogP contribution in [0, 0.1) is 6.92 Å². The highest BCUT2D eigenvalue weighted by molar-refractivity contribution is 7.89. The van der Waals surface area contributed by atoms with Gasteiger partial charge in [-0.1, -0.05) is 12.1 Å². The first-order valence-corrected chi connectivity index (χ1v) is 9.11. The summed E-state index contributed by atoms with van der Waals surface area (Å²) >= 11 is 0. The maximum absolute atomic E-state index is 12.5. The van der Waals surface area contributed by atoms with Crippen molar-refractivity contribution in [3.05, 3.63) is 64.7 Å². The van der Waals surface area contributed by atoms with Gasteiger partial charge in [-0.15, -0.1) is 0 Å². The molecule has 0 fully saturated rings. The quantitative estimate of drug-likeness (QED) is 0.742. The molecule has 7 nitrogen and oxygen atoms in total. The minimum Gasteiger partial charge on any atom is -0.492 e. The molecule has 3 rings (SSSR count). The number of sulfonamides is 1. The van der Waals surface area contributed by atoms with E-state index in [0.29, 0.717) is 23.2 Å². The Morgan fingerprint density at radius 2 is 1.88 bits per heavy atom. The largest absolute Gasteiger partial charge is 0.492 e. The second kappa shape index (κ2) is 6.66. The van der Waals surface area contributed by atoms with Crippen molar-refractivity contribution in [2.75, 3.05) is 6.61 Å². The van der Waals surface area contributed by atoms with Crippen LogP contribution in [0.1, 0.15) is 5.56 Å². The SMILES string of the molecule is Cc1cccc2c(=O)n(CCOc3ccc(S(N)(=O)=O)cc3)cnc12. The molecule has 2 aromatic carbocycles. The summed E-state index contributed by atoms with van der Waals surface area (Å²) in [7, 11) is -3.72. The van der Waals surface area contributed by atoms with Gasteiger partial charge in [-0.3, -0.25) is 9.36 Å². The molecule has 0 aliphatic heterocycles. The van der Waals surface area contributed by atoms with Gasteiger partial charge in [0.1, 0.15) is 12.4 Å². The van der Waals surface area contributed by atoms with Gasteiger partial charge < -0.3 is 4.74 Å². The Labute approximate surface area is 144 Å². The molecule has 2 N–H and O–H groups in total. The molecule has 0 radical (unpaired) electrons. The van der Waals surface area contributed by atoms with Crippen LogP contribution in [0.25, 0.3) is 10.9 Å². The molecule has 25 heavy (non-hydrogen) atoms. The van der Waals surface area contributed by atoms with E-state index >= 15 is 0 Å². The molecule has 0 atom stereocenters. The molecule has 0 amide bonds. The summed E-state index contributed by atoms with van der Waals surface area (Å²) in [6, 6.07) is 11.3. The maximum Gasteiger partial charge on any atom is 0.261 e. The third-order valence-electron chi connectivity index (χ3n) is 3.81.